The lowest BCUT2D eigenvalue weighted by atomic mass is 9.88. The third kappa shape index (κ3) is 4.15. The summed E-state index contributed by atoms with van der Waals surface area (Å²) in [7, 11) is 0. The zero-order valence-electron chi connectivity index (χ0n) is 26.4. The van der Waals surface area contributed by atoms with Gasteiger partial charge < -0.3 is 0 Å². The van der Waals surface area contributed by atoms with Crippen molar-refractivity contribution in [2.45, 2.75) is 5.92 Å². The number of fused-ring (bicyclic) bond motifs is 11. The third-order valence-corrected chi connectivity index (χ3v) is 10.2. The Morgan fingerprint density at radius 3 is 2.00 bits per heavy atom. The molecule has 2 heterocycles. The van der Waals surface area contributed by atoms with E-state index in [1.807, 2.05) is 18.3 Å². The van der Waals surface area contributed by atoms with Gasteiger partial charge in [-0.1, -0.05) is 127 Å². The fourth-order valence-electron chi connectivity index (χ4n) is 8.01. The van der Waals surface area contributed by atoms with Crippen LogP contribution < -0.4 is 0 Å². The van der Waals surface area contributed by atoms with Crippen LogP contribution in [0.3, 0.4) is 0 Å². The highest BCUT2D eigenvalue weighted by molar-refractivity contribution is 6.33. The minimum absolute atomic E-state index is 0.134. The second kappa shape index (κ2) is 10.7. The van der Waals surface area contributed by atoms with E-state index >= 15 is 0 Å². The van der Waals surface area contributed by atoms with Crippen molar-refractivity contribution >= 4 is 49.0 Å². The smallest absolute Gasteiger partial charge is 0.187 e. The van der Waals surface area contributed by atoms with Gasteiger partial charge >= 0.3 is 0 Å². The normalized spacial score (nSPS) is 13.5. The standard InChI is InChI=1S/C46H27N3/c1-47-32-20-23-35-40(27-32)39-25-30(18-21-34(39)42(35)28-11-4-2-5-12-28)31-19-22-37-41(26-31)49-45(29-13-6-3-7-14-29)44-33-15-8-9-16-36(33)46-38(43(37)44)17-10-24-48-46/h2-27,42H. The molecule has 0 saturated heterocycles. The third-order valence-electron chi connectivity index (χ3n) is 10.2. The Morgan fingerprint density at radius 1 is 0.510 bits per heavy atom. The first kappa shape index (κ1) is 27.5. The van der Waals surface area contributed by atoms with E-state index in [9.17, 15) is 0 Å². The molecule has 7 aromatic carbocycles. The molecule has 226 valence electrons. The maximum atomic E-state index is 7.70. The molecule has 1 aliphatic carbocycles. The van der Waals surface area contributed by atoms with E-state index in [1.165, 1.54) is 27.6 Å². The van der Waals surface area contributed by atoms with E-state index in [-0.39, 0.29) is 5.92 Å². The molecule has 1 unspecified atom stereocenters. The van der Waals surface area contributed by atoms with Gasteiger partial charge in [0.1, 0.15) is 0 Å². The molecular formula is C46H27N3. The van der Waals surface area contributed by atoms with Gasteiger partial charge in [0.05, 0.1) is 23.3 Å². The van der Waals surface area contributed by atoms with Gasteiger partial charge in [-0.3, -0.25) is 4.98 Å². The van der Waals surface area contributed by atoms with Crippen molar-refractivity contribution in [1.29, 1.82) is 0 Å². The van der Waals surface area contributed by atoms with Gasteiger partial charge in [-0.15, -0.1) is 0 Å². The van der Waals surface area contributed by atoms with Crippen molar-refractivity contribution in [3.05, 3.63) is 186 Å². The van der Waals surface area contributed by atoms with Crippen molar-refractivity contribution in [3.8, 4) is 33.5 Å². The molecule has 0 spiro atoms. The van der Waals surface area contributed by atoms with Crippen LogP contribution in [0.25, 0.3) is 81.7 Å². The van der Waals surface area contributed by atoms with Gasteiger partial charge in [-0.25, -0.2) is 9.83 Å². The SMILES string of the molecule is [C-]#[N+]c1ccc2c(c1)-c1cc(-c3ccc4c(c3)nc(-c3ccccc3)c3c5ccccc5c5ncccc5c43)ccc1C2c1ccccc1. The molecule has 0 aliphatic heterocycles. The molecule has 49 heavy (non-hydrogen) atoms. The van der Waals surface area contributed by atoms with Crippen molar-refractivity contribution in [3.63, 3.8) is 0 Å². The van der Waals surface area contributed by atoms with Crippen LogP contribution in [0.4, 0.5) is 5.69 Å². The summed E-state index contributed by atoms with van der Waals surface area (Å²) >= 11 is 0. The molecule has 9 aromatic rings. The molecule has 1 atom stereocenters. The predicted molar refractivity (Wildman–Crippen MR) is 202 cm³/mol. The van der Waals surface area contributed by atoms with Gasteiger partial charge in [-0.2, -0.15) is 0 Å². The van der Waals surface area contributed by atoms with Crippen LogP contribution in [0, 0.1) is 6.57 Å². The van der Waals surface area contributed by atoms with Crippen LogP contribution in [0.15, 0.2) is 158 Å². The lowest BCUT2D eigenvalue weighted by molar-refractivity contribution is 1.02. The van der Waals surface area contributed by atoms with Crippen LogP contribution in [0.5, 0.6) is 0 Å². The number of hydrogen-bond donors (Lipinski definition) is 0. The van der Waals surface area contributed by atoms with Crippen molar-refractivity contribution in [2.24, 2.45) is 0 Å². The Labute approximate surface area is 283 Å². The maximum absolute atomic E-state index is 7.70. The fraction of sp³-hybridized carbons (Fsp3) is 0.0217. The molecule has 0 saturated carbocycles. The summed E-state index contributed by atoms with van der Waals surface area (Å²) in [5.41, 5.74) is 13.0. The van der Waals surface area contributed by atoms with Gasteiger partial charge in [0, 0.05) is 44.6 Å². The Morgan fingerprint density at radius 2 is 1.18 bits per heavy atom. The molecule has 0 fully saturated rings. The number of aromatic nitrogens is 2. The van der Waals surface area contributed by atoms with Crippen LogP contribution in [0.1, 0.15) is 22.6 Å². The number of benzene rings is 7. The average Bonchev–Trinajstić information content (AvgIpc) is 3.50. The lowest BCUT2D eigenvalue weighted by Gasteiger charge is -2.17. The molecule has 3 nitrogen and oxygen atoms in total. The topological polar surface area (TPSA) is 30.1 Å². The first-order valence-electron chi connectivity index (χ1n) is 16.6. The van der Waals surface area contributed by atoms with Crippen molar-refractivity contribution in [2.75, 3.05) is 0 Å². The van der Waals surface area contributed by atoms with Crippen LogP contribution in [-0.2, 0) is 0 Å². The molecule has 0 radical (unpaired) electrons. The van der Waals surface area contributed by atoms with Gasteiger partial charge in [0.2, 0.25) is 0 Å². The lowest BCUT2D eigenvalue weighted by Crippen LogP contribution is -1.98. The first-order chi connectivity index (χ1) is 24.3. The Balaban J connectivity index is 1.23. The molecule has 0 N–H and O–H groups in total. The highest BCUT2D eigenvalue weighted by Crippen LogP contribution is 2.50. The van der Waals surface area contributed by atoms with Crippen molar-refractivity contribution in [1.82, 2.24) is 9.97 Å². The van der Waals surface area contributed by atoms with E-state index in [2.05, 4.69) is 144 Å². The molecule has 10 rings (SSSR count). The molecule has 0 amide bonds. The van der Waals surface area contributed by atoms with Crippen LogP contribution in [0.2, 0.25) is 0 Å². The number of nitrogens with zero attached hydrogens (tertiary/aromatic N) is 3. The largest absolute Gasteiger partial charge is 0.256 e. The number of pyridine rings is 2. The quantitative estimate of drug-likeness (QED) is 0.145. The summed E-state index contributed by atoms with van der Waals surface area (Å²) in [6.45, 7) is 7.70. The zero-order chi connectivity index (χ0) is 32.5. The fourth-order valence-corrected chi connectivity index (χ4v) is 8.01. The molecule has 3 heteroatoms. The van der Waals surface area contributed by atoms with Gasteiger partial charge in [0.25, 0.3) is 0 Å². The van der Waals surface area contributed by atoms with E-state index in [4.69, 9.17) is 16.5 Å². The average molecular weight is 622 g/mol. The van der Waals surface area contributed by atoms with E-state index in [0.717, 1.165) is 65.9 Å². The van der Waals surface area contributed by atoms with E-state index in [1.54, 1.807) is 0 Å². The first-order valence-corrected chi connectivity index (χ1v) is 16.6. The second-order valence-electron chi connectivity index (χ2n) is 12.8. The minimum Gasteiger partial charge on any atom is -0.256 e. The van der Waals surface area contributed by atoms with Crippen molar-refractivity contribution < 1.29 is 0 Å². The van der Waals surface area contributed by atoms with Gasteiger partial charge in [0.15, 0.2) is 5.69 Å². The summed E-state index contributed by atoms with van der Waals surface area (Å²) < 4.78 is 0. The summed E-state index contributed by atoms with van der Waals surface area (Å²) in [6.07, 6.45) is 1.88. The van der Waals surface area contributed by atoms with E-state index < -0.39 is 0 Å². The minimum atomic E-state index is 0.134. The summed E-state index contributed by atoms with van der Waals surface area (Å²) in [6, 6.07) is 53.6. The molecule has 2 aromatic heterocycles. The second-order valence-corrected chi connectivity index (χ2v) is 12.8. The molecule has 1 aliphatic rings. The Kier molecular flexibility index (Phi) is 6.00. The van der Waals surface area contributed by atoms with Gasteiger partial charge in [-0.05, 0) is 68.6 Å². The van der Waals surface area contributed by atoms with Crippen LogP contribution >= 0.6 is 0 Å². The predicted octanol–water partition coefficient (Wildman–Crippen LogP) is 12.1. The molecule has 0 bridgehead atoms. The monoisotopic (exact) mass is 621 g/mol. The summed E-state index contributed by atoms with van der Waals surface area (Å²) in [5.74, 6) is 0.134. The molecular weight excluding hydrogens is 595 g/mol. The zero-order valence-corrected chi connectivity index (χ0v) is 26.4. The van der Waals surface area contributed by atoms with E-state index in [0.29, 0.717) is 5.69 Å². The number of rotatable bonds is 3. The highest BCUT2D eigenvalue weighted by Gasteiger charge is 2.30. The number of hydrogen-bond acceptors (Lipinski definition) is 2. The summed E-state index contributed by atoms with van der Waals surface area (Å²) in [4.78, 5) is 14.1. The maximum Gasteiger partial charge on any atom is 0.187 e. The Bertz CT molecular complexity index is 2830. The summed E-state index contributed by atoms with van der Waals surface area (Å²) in [5, 5.41) is 6.86. The highest BCUT2D eigenvalue weighted by atomic mass is 14.7. The van der Waals surface area contributed by atoms with Crippen LogP contribution in [-0.4, -0.2) is 9.97 Å². The Hall–Kier alpha value is -6.63.